The van der Waals surface area contributed by atoms with Crippen molar-refractivity contribution in [2.45, 2.75) is 0 Å². The highest BCUT2D eigenvalue weighted by atomic mass is 79.9. The molecule has 1 aromatic rings. The first kappa shape index (κ1) is 7.43. The quantitative estimate of drug-likeness (QED) is 0.484. The molecule has 0 radical (unpaired) electrons. The van der Waals surface area contributed by atoms with Gasteiger partial charge >= 0.3 is 18.2 Å². The molecule has 1 heterocycles. The van der Waals surface area contributed by atoms with E-state index >= 15 is 0 Å². The number of hydrogen-bond donors (Lipinski definition) is 0. The SMILES string of the molecule is Fc1cc[c]([Mg][Br])cn1. The van der Waals surface area contributed by atoms with E-state index in [2.05, 4.69) is 17.9 Å². The van der Waals surface area contributed by atoms with E-state index in [1.54, 1.807) is 12.3 Å². The second-order valence-corrected chi connectivity index (χ2v) is 4.39. The molecule has 44 valence electrons. The van der Waals surface area contributed by atoms with Gasteiger partial charge < -0.3 is 0 Å². The van der Waals surface area contributed by atoms with Crippen LogP contribution in [0.2, 0.25) is 0 Å². The minimum Gasteiger partial charge on any atom is -0.296 e. The molecular weight excluding hydrogens is 197 g/mol. The molecule has 1 rings (SSSR count). The summed E-state index contributed by atoms with van der Waals surface area (Å²) in [7, 11) is 0. The molecule has 0 aliphatic rings. The number of aromatic nitrogens is 1. The molecule has 0 fully saturated rings. The summed E-state index contributed by atoms with van der Waals surface area (Å²) in [6.45, 7) is 0. The van der Waals surface area contributed by atoms with E-state index in [4.69, 9.17) is 0 Å². The number of nitrogens with zero attached hydrogens (tertiary/aromatic N) is 1. The lowest BCUT2D eigenvalue weighted by molar-refractivity contribution is 0.584. The standard InChI is InChI=1S/C5H3FN.BrH.Mg/c6-5-3-1-2-4-7-5;;/h1,3-4H;1H;/q;;+1/p-1. The number of rotatable bonds is 1. The summed E-state index contributed by atoms with van der Waals surface area (Å²) < 4.78 is 13.2. The molecule has 9 heavy (non-hydrogen) atoms. The summed E-state index contributed by atoms with van der Waals surface area (Å²) in [5, 5.41) is 0. The van der Waals surface area contributed by atoms with Crippen molar-refractivity contribution in [2.75, 3.05) is 0 Å². The lowest BCUT2D eigenvalue weighted by Gasteiger charge is -1.89. The van der Waals surface area contributed by atoms with Crippen molar-refractivity contribution in [1.82, 2.24) is 4.98 Å². The maximum absolute atomic E-state index is 12.1. The van der Waals surface area contributed by atoms with Gasteiger partial charge in [-0.3, -0.25) is 12.9 Å². The van der Waals surface area contributed by atoms with Crippen molar-refractivity contribution in [3.8, 4) is 0 Å². The predicted molar refractivity (Wildman–Crippen MR) is 38.5 cm³/mol. The first-order valence-electron chi connectivity index (χ1n) is 2.49. The molecule has 0 saturated carbocycles. The van der Waals surface area contributed by atoms with Crippen molar-refractivity contribution in [1.29, 1.82) is 0 Å². The minimum absolute atomic E-state index is 0.341. The third kappa shape index (κ3) is 2.19. The molecule has 0 aliphatic carbocycles. The Bertz CT molecular complexity index is 189. The maximum Gasteiger partial charge on any atom is 0.509 e. The molecular formula is C5H3BrFMgN. The number of pyridine rings is 1. The smallest absolute Gasteiger partial charge is 0.296 e. The zero-order valence-electron chi connectivity index (χ0n) is 4.64. The predicted octanol–water partition coefficient (Wildman–Crippen LogP) is 0.860. The number of hydrogen-bond acceptors (Lipinski definition) is 1. The second kappa shape index (κ2) is 3.48. The van der Waals surface area contributed by atoms with Crippen LogP contribution < -0.4 is 3.69 Å². The van der Waals surface area contributed by atoms with Gasteiger partial charge in [0.1, 0.15) is 0 Å². The third-order valence-corrected chi connectivity index (χ3v) is 3.61. The maximum atomic E-state index is 12.1. The Kier molecular flexibility index (Phi) is 2.88. The van der Waals surface area contributed by atoms with Gasteiger partial charge in [0.25, 0.3) is 0 Å². The first-order chi connectivity index (χ1) is 4.33. The molecule has 0 aromatic carbocycles. The van der Waals surface area contributed by atoms with Crippen molar-refractivity contribution >= 4 is 34.8 Å². The average molecular weight is 200 g/mol. The van der Waals surface area contributed by atoms with Gasteiger partial charge in [-0.15, -0.1) is 3.69 Å². The van der Waals surface area contributed by atoms with Crippen molar-refractivity contribution in [3.63, 3.8) is 0 Å². The third-order valence-electron chi connectivity index (χ3n) is 0.943. The zero-order chi connectivity index (χ0) is 6.69. The number of halogens is 2. The van der Waals surface area contributed by atoms with Crippen LogP contribution in [0, 0.1) is 5.95 Å². The Morgan fingerprint density at radius 2 is 2.33 bits per heavy atom. The van der Waals surface area contributed by atoms with Gasteiger partial charge in [-0.05, 0) is 6.07 Å². The molecule has 0 N–H and O–H groups in total. The highest BCUT2D eigenvalue weighted by Gasteiger charge is 1.94. The molecule has 0 bridgehead atoms. The van der Waals surface area contributed by atoms with E-state index in [9.17, 15) is 4.39 Å². The molecule has 0 aliphatic heterocycles. The summed E-state index contributed by atoms with van der Waals surface area (Å²) in [5.74, 6) is -0.409. The molecule has 0 unspecified atom stereocenters. The van der Waals surface area contributed by atoms with Crippen LogP contribution in [0.25, 0.3) is 0 Å². The largest absolute Gasteiger partial charge is 0.509 e. The first-order valence-corrected chi connectivity index (χ1v) is 7.10. The Balaban J connectivity index is 2.88. The zero-order valence-corrected chi connectivity index (χ0v) is 7.64. The van der Waals surface area contributed by atoms with Crippen LogP contribution in [0.4, 0.5) is 4.39 Å². The molecule has 0 amide bonds. The Morgan fingerprint density at radius 3 is 2.78 bits per heavy atom. The van der Waals surface area contributed by atoms with Crippen LogP contribution in [0.15, 0.2) is 18.3 Å². The fraction of sp³-hybridized carbons (Fsp3) is 0. The van der Waals surface area contributed by atoms with E-state index in [0.717, 1.165) is 3.69 Å². The van der Waals surface area contributed by atoms with Gasteiger partial charge in [-0.2, -0.15) is 4.39 Å². The van der Waals surface area contributed by atoms with Crippen LogP contribution in [0.1, 0.15) is 0 Å². The highest BCUT2D eigenvalue weighted by molar-refractivity contribution is 9.23. The summed E-state index contributed by atoms with van der Waals surface area (Å²) in [6.07, 6.45) is 1.57. The fourth-order valence-electron chi connectivity index (χ4n) is 0.485. The van der Waals surface area contributed by atoms with Crippen LogP contribution in [-0.4, -0.2) is 23.2 Å². The minimum atomic E-state index is -0.409. The van der Waals surface area contributed by atoms with Crippen LogP contribution >= 0.6 is 12.9 Å². The van der Waals surface area contributed by atoms with E-state index in [-0.39, 0.29) is 18.2 Å². The van der Waals surface area contributed by atoms with Gasteiger partial charge in [0.2, 0.25) is 5.95 Å². The molecule has 0 saturated heterocycles. The van der Waals surface area contributed by atoms with Crippen molar-refractivity contribution in [2.24, 2.45) is 0 Å². The van der Waals surface area contributed by atoms with Gasteiger partial charge in [-0.25, -0.2) is 4.98 Å². The summed E-state index contributed by atoms with van der Waals surface area (Å²) >= 11 is 3.02. The Labute approximate surface area is 68.3 Å². The summed E-state index contributed by atoms with van der Waals surface area (Å²) in [5.41, 5.74) is 0. The van der Waals surface area contributed by atoms with Gasteiger partial charge in [0.15, 0.2) is 0 Å². The fourth-order valence-corrected chi connectivity index (χ4v) is 1.85. The monoisotopic (exact) mass is 199 g/mol. The van der Waals surface area contributed by atoms with Gasteiger partial charge in [-0.1, -0.05) is 6.07 Å². The van der Waals surface area contributed by atoms with Gasteiger partial charge in [0, 0.05) is 6.20 Å². The average Bonchev–Trinajstić information content (AvgIpc) is 1.90. The van der Waals surface area contributed by atoms with E-state index < -0.39 is 5.95 Å². The molecule has 0 atom stereocenters. The van der Waals surface area contributed by atoms with Crippen LogP contribution in [0.5, 0.6) is 0 Å². The highest BCUT2D eigenvalue weighted by Crippen LogP contribution is 1.87. The Hall–Kier alpha value is 0.326. The second-order valence-electron chi connectivity index (χ2n) is 1.62. The van der Waals surface area contributed by atoms with Crippen LogP contribution in [0.3, 0.4) is 0 Å². The normalized spacial score (nSPS) is 8.67. The van der Waals surface area contributed by atoms with Crippen molar-refractivity contribution in [3.05, 3.63) is 24.3 Å². The summed E-state index contributed by atoms with van der Waals surface area (Å²) in [4.78, 5) is 3.49. The lowest BCUT2D eigenvalue weighted by Crippen LogP contribution is -2.08. The Morgan fingerprint density at radius 1 is 1.56 bits per heavy atom. The lowest BCUT2D eigenvalue weighted by atomic mass is 10.5. The van der Waals surface area contributed by atoms with E-state index in [1.807, 2.05) is 0 Å². The van der Waals surface area contributed by atoms with E-state index in [1.165, 1.54) is 6.07 Å². The van der Waals surface area contributed by atoms with Crippen molar-refractivity contribution < 1.29 is 4.39 Å². The van der Waals surface area contributed by atoms with Gasteiger partial charge in [0.05, 0.1) is 0 Å². The van der Waals surface area contributed by atoms with E-state index in [0.29, 0.717) is 0 Å². The molecule has 0 spiro atoms. The molecule has 4 heteroatoms. The molecule has 1 nitrogen and oxygen atoms in total. The van der Waals surface area contributed by atoms with Crippen LogP contribution in [-0.2, 0) is 0 Å². The molecule has 1 aromatic heterocycles. The summed E-state index contributed by atoms with van der Waals surface area (Å²) in [6, 6.07) is 3.13. The topological polar surface area (TPSA) is 12.9 Å².